The van der Waals surface area contributed by atoms with Gasteiger partial charge in [-0.2, -0.15) is 0 Å². The summed E-state index contributed by atoms with van der Waals surface area (Å²) in [4.78, 5) is 23.1. The number of hydrogen-bond donors (Lipinski definition) is 2. The van der Waals surface area contributed by atoms with Crippen LogP contribution in [0.15, 0.2) is 24.3 Å². The SMILES string of the molecule is COC(=O)C(C)NC(=O)NC1(c2ccc(F)cc2)CC1. The lowest BCUT2D eigenvalue weighted by atomic mass is 10.1. The molecular weight excluding hydrogens is 263 g/mol. The predicted molar refractivity (Wildman–Crippen MR) is 70.5 cm³/mol. The minimum absolute atomic E-state index is 0.312. The molecule has 1 aromatic carbocycles. The van der Waals surface area contributed by atoms with Gasteiger partial charge in [-0.25, -0.2) is 14.0 Å². The average Bonchev–Trinajstić information content (AvgIpc) is 3.18. The molecule has 5 nitrogen and oxygen atoms in total. The van der Waals surface area contributed by atoms with Crippen LogP contribution in [-0.2, 0) is 15.1 Å². The van der Waals surface area contributed by atoms with Crippen molar-refractivity contribution in [2.75, 3.05) is 7.11 Å². The molecule has 0 aliphatic heterocycles. The van der Waals surface area contributed by atoms with E-state index in [2.05, 4.69) is 15.4 Å². The molecule has 2 amide bonds. The first kappa shape index (κ1) is 14.3. The summed E-state index contributed by atoms with van der Waals surface area (Å²) in [5.41, 5.74) is 0.410. The van der Waals surface area contributed by atoms with Crippen molar-refractivity contribution in [3.8, 4) is 0 Å². The molecule has 0 saturated heterocycles. The first-order valence-electron chi connectivity index (χ1n) is 6.39. The Hall–Kier alpha value is -2.11. The molecular formula is C14H17FN2O3. The first-order valence-corrected chi connectivity index (χ1v) is 6.39. The lowest BCUT2D eigenvalue weighted by Crippen LogP contribution is -2.48. The highest BCUT2D eigenvalue weighted by Gasteiger charge is 2.45. The molecule has 2 rings (SSSR count). The highest BCUT2D eigenvalue weighted by atomic mass is 19.1. The number of benzene rings is 1. The number of amides is 2. The van der Waals surface area contributed by atoms with Crippen molar-refractivity contribution < 1.29 is 18.7 Å². The zero-order valence-electron chi connectivity index (χ0n) is 11.4. The van der Waals surface area contributed by atoms with Crippen molar-refractivity contribution in [3.05, 3.63) is 35.6 Å². The third-order valence-corrected chi connectivity index (χ3v) is 3.40. The van der Waals surface area contributed by atoms with Gasteiger partial charge in [0.25, 0.3) is 0 Å². The predicted octanol–water partition coefficient (Wildman–Crippen LogP) is 1.68. The maximum atomic E-state index is 12.9. The molecule has 0 spiro atoms. The standard InChI is InChI=1S/C14H17FN2O3/c1-9(12(18)20-2)16-13(19)17-14(7-8-14)10-3-5-11(15)6-4-10/h3-6,9H,7-8H2,1-2H3,(H2,16,17,19). The zero-order valence-corrected chi connectivity index (χ0v) is 11.4. The summed E-state index contributed by atoms with van der Waals surface area (Å²) in [6.07, 6.45) is 1.58. The fourth-order valence-electron chi connectivity index (χ4n) is 2.07. The van der Waals surface area contributed by atoms with Crippen molar-refractivity contribution in [2.24, 2.45) is 0 Å². The van der Waals surface area contributed by atoms with E-state index < -0.39 is 23.6 Å². The Labute approximate surface area is 116 Å². The Morgan fingerprint density at radius 2 is 1.90 bits per heavy atom. The normalized spacial score (nSPS) is 16.9. The lowest BCUT2D eigenvalue weighted by Gasteiger charge is -2.20. The smallest absolute Gasteiger partial charge is 0.328 e. The quantitative estimate of drug-likeness (QED) is 0.824. The second-order valence-electron chi connectivity index (χ2n) is 4.93. The van der Waals surface area contributed by atoms with Crippen molar-refractivity contribution in [1.29, 1.82) is 0 Å². The maximum absolute atomic E-state index is 12.9. The molecule has 1 saturated carbocycles. The van der Waals surface area contributed by atoms with Crippen LogP contribution in [-0.4, -0.2) is 25.2 Å². The molecule has 1 aliphatic rings. The van der Waals surface area contributed by atoms with Crippen LogP contribution in [0.5, 0.6) is 0 Å². The molecule has 1 aromatic rings. The van der Waals surface area contributed by atoms with E-state index in [0.717, 1.165) is 18.4 Å². The molecule has 108 valence electrons. The average molecular weight is 280 g/mol. The van der Waals surface area contributed by atoms with Crippen LogP contribution in [0.3, 0.4) is 0 Å². The number of hydrogen-bond acceptors (Lipinski definition) is 3. The summed E-state index contributed by atoms with van der Waals surface area (Å²) in [6, 6.07) is 4.89. The third-order valence-electron chi connectivity index (χ3n) is 3.40. The van der Waals surface area contributed by atoms with Crippen molar-refractivity contribution in [1.82, 2.24) is 10.6 Å². The van der Waals surface area contributed by atoms with E-state index in [9.17, 15) is 14.0 Å². The van der Waals surface area contributed by atoms with Crippen LogP contribution in [0, 0.1) is 5.82 Å². The fraction of sp³-hybridized carbons (Fsp3) is 0.429. The molecule has 0 heterocycles. The van der Waals surface area contributed by atoms with E-state index in [1.54, 1.807) is 19.1 Å². The van der Waals surface area contributed by atoms with E-state index in [1.165, 1.54) is 19.2 Å². The highest BCUT2D eigenvalue weighted by Crippen LogP contribution is 2.45. The molecule has 1 aliphatic carbocycles. The van der Waals surface area contributed by atoms with E-state index in [-0.39, 0.29) is 5.82 Å². The Morgan fingerprint density at radius 3 is 2.40 bits per heavy atom. The van der Waals surface area contributed by atoms with E-state index in [4.69, 9.17) is 0 Å². The zero-order chi connectivity index (χ0) is 14.8. The highest BCUT2D eigenvalue weighted by molar-refractivity contribution is 5.83. The molecule has 0 bridgehead atoms. The van der Waals surface area contributed by atoms with Gasteiger partial charge in [-0.3, -0.25) is 0 Å². The summed E-state index contributed by atoms with van der Waals surface area (Å²) in [5, 5.41) is 5.34. The van der Waals surface area contributed by atoms with Crippen molar-refractivity contribution >= 4 is 12.0 Å². The van der Waals surface area contributed by atoms with Gasteiger partial charge in [0.15, 0.2) is 0 Å². The molecule has 2 N–H and O–H groups in total. The Balaban J connectivity index is 1.97. The number of carbonyl (C=O) groups excluding carboxylic acids is 2. The number of esters is 1. The Kier molecular flexibility index (Phi) is 3.92. The van der Waals surface area contributed by atoms with Gasteiger partial charge in [0.2, 0.25) is 0 Å². The van der Waals surface area contributed by atoms with Crippen LogP contribution < -0.4 is 10.6 Å². The number of nitrogens with one attached hydrogen (secondary N) is 2. The number of carbonyl (C=O) groups is 2. The molecule has 20 heavy (non-hydrogen) atoms. The summed E-state index contributed by atoms with van der Waals surface area (Å²) in [5.74, 6) is -0.819. The van der Waals surface area contributed by atoms with Gasteiger partial charge in [0.05, 0.1) is 12.6 Å². The van der Waals surface area contributed by atoms with E-state index in [0.29, 0.717) is 0 Å². The summed E-state index contributed by atoms with van der Waals surface area (Å²) >= 11 is 0. The molecule has 0 aromatic heterocycles. The Bertz CT molecular complexity index is 512. The van der Waals surface area contributed by atoms with Crippen molar-refractivity contribution in [2.45, 2.75) is 31.3 Å². The van der Waals surface area contributed by atoms with Crippen molar-refractivity contribution in [3.63, 3.8) is 0 Å². The molecule has 1 fully saturated rings. The van der Waals surface area contributed by atoms with Crippen LogP contribution in [0.1, 0.15) is 25.3 Å². The second kappa shape index (κ2) is 5.48. The van der Waals surface area contributed by atoms with Gasteiger partial charge in [-0.1, -0.05) is 12.1 Å². The van der Waals surface area contributed by atoms with Crippen LogP contribution in [0.2, 0.25) is 0 Å². The van der Waals surface area contributed by atoms with Gasteiger partial charge in [0.1, 0.15) is 11.9 Å². The maximum Gasteiger partial charge on any atom is 0.328 e. The molecule has 6 heteroatoms. The number of rotatable bonds is 4. The minimum atomic E-state index is -0.719. The summed E-state index contributed by atoms with van der Waals surface area (Å²) in [6.45, 7) is 1.54. The van der Waals surface area contributed by atoms with Gasteiger partial charge < -0.3 is 15.4 Å². The largest absolute Gasteiger partial charge is 0.467 e. The number of halogens is 1. The van der Waals surface area contributed by atoms with E-state index in [1.807, 2.05) is 0 Å². The lowest BCUT2D eigenvalue weighted by molar-refractivity contribution is -0.142. The minimum Gasteiger partial charge on any atom is -0.467 e. The number of ether oxygens (including phenoxy) is 1. The first-order chi connectivity index (χ1) is 9.47. The number of urea groups is 1. The Morgan fingerprint density at radius 1 is 1.30 bits per heavy atom. The van der Waals surface area contributed by atoms with E-state index >= 15 is 0 Å². The molecule has 1 unspecified atom stereocenters. The van der Waals surface area contributed by atoms with Gasteiger partial charge in [0, 0.05) is 0 Å². The van der Waals surface area contributed by atoms with Crippen LogP contribution >= 0.6 is 0 Å². The second-order valence-corrected chi connectivity index (χ2v) is 4.93. The molecule has 1 atom stereocenters. The monoisotopic (exact) mass is 280 g/mol. The fourth-order valence-corrected chi connectivity index (χ4v) is 2.07. The van der Waals surface area contributed by atoms with Crippen LogP contribution in [0.4, 0.5) is 9.18 Å². The summed E-state index contributed by atoms with van der Waals surface area (Å²) in [7, 11) is 1.26. The van der Waals surface area contributed by atoms with Crippen LogP contribution in [0.25, 0.3) is 0 Å². The van der Waals surface area contributed by atoms with Gasteiger partial charge in [-0.15, -0.1) is 0 Å². The molecule has 0 radical (unpaired) electrons. The number of methoxy groups -OCH3 is 1. The van der Waals surface area contributed by atoms with Gasteiger partial charge in [-0.05, 0) is 37.5 Å². The topological polar surface area (TPSA) is 67.4 Å². The third kappa shape index (κ3) is 3.07. The van der Waals surface area contributed by atoms with Gasteiger partial charge >= 0.3 is 12.0 Å². The summed E-state index contributed by atoms with van der Waals surface area (Å²) < 4.78 is 17.4.